The van der Waals surface area contributed by atoms with E-state index in [1.807, 2.05) is 0 Å². The lowest BCUT2D eigenvalue weighted by atomic mass is 10.0. The summed E-state index contributed by atoms with van der Waals surface area (Å²) >= 11 is 0. The summed E-state index contributed by atoms with van der Waals surface area (Å²) in [6.07, 6.45) is 0. The first-order valence-corrected chi connectivity index (χ1v) is 8.63. The van der Waals surface area contributed by atoms with Crippen molar-refractivity contribution in [1.82, 2.24) is 0 Å². The number of rotatable bonds is 8. The van der Waals surface area contributed by atoms with E-state index >= 15 is 0 Å². The molecule has 0 saturated heterocycles. The van der Waals surface area contributed by atoms with Crippen LogP contribution in [0.3, 0.4) is 0 Å². The summed E-state index contributed by atoms with van der Waals surface area (Å²) < 4.78 is 31.2. The Hall–Kier alpha value is -2.88. The van der Waals surface area contributed by atoms with Crippen molar-refractivity contribution in [3.05, 3.63) is 50.8 Å². The summed E-state index contributed by atoms with van der Waals surface area (Å²) in [5.74, 6) is -3.70. The average molecular weight is 401 g/mol. The monoisotopic (exact) mass is 401 g/mol. The molecule has 0 aliphatic carbocycles. The highest BCUT2D eigenvalue weighted by Crippen LogP contribution is 2.56. The largest absolute Gasteiger partial charge is 0.465 e. The van der Waals surface area contributed by atoms with E-state index < -0.39 is 41.1 Å². The Kier molecular flexibility index (Phi) is 7.53. The normalized spacial score (nSPS) is 12.0. The molecule has 146 valence electrons. The van der Waals surface area contributed by atoms with Crippen molar-refractivity contribution in [2.75, 3.05) is 28.4 Å². The molecule has 0 fully saturated rings. The number of nitrogens with zero attached hydrogens (tertiary/aromatic N) is 1. The number of methoxy groups -OCH3 is 2. The van der Waals surface area contributed by atoms with E-state index in [4.69, 9.17) is 9.05 Å². The maximum atomic E-state index is 12.8. The molecular formula is C15H16NO10P. The minimum atomic E-state index is -4.41. The van der Waals surface area contributed by atoms with E-state index in [1.54, 1.807) is 0 Å². The molecule has 1 aromatic rings. The van der Waals surface area contributed by atoms with Gasteiger partial charge in [-0.05, 0) is 12.1 Å². The number of carbonyl (C=O) groups excluding carboxylic acids is 3. The lowest BCUT2D eigenvalue weighted by Gasteiger charge is -2.18. The molecule has 1 aromatic carbocycles. The number of carbonyl (C=O) groups is 3. The third-order valence-corrected chi connectivity index (χ3v) is 5.24. The van der Waals surface area contributed by atoms with Crippen LogP contribution in [0.2, 0.25) is 0 Å². The van der Waals surface area contributed by atoms with Crippen LogP contribution in [0.1, 0.15) is 10.4 Å². The zero-order chi connectivity index (χ0) is 20.8. The molecule has 0 aromatic heterocycles. The zero-order valence-electron chi connectivity index (χ0n) is 14.8. The number of esters is 2. The van der Waals surface area contributed by atoms with Gasteiger partial charge in [-0.2, -0.15) is 0 Å². The van der Waals surface area contributed by atoms with E-state index in [1.165, 1.54) is 0 Å². The van der Waals surface area contributed by atoms with Gasteiger partial charge < -0.3 is 18.5 Å². The maximum Gasteiger partial charge on any atom is 0.369 e. The molecule has 0 bridgehead atoms. The first-order chi connectivity index (χ1) is 12.7. The first-order valence-electron chi connectivity index (χ1n) is 7.09. The van der Waals surface area contributed by atoms with Crippen molar-refractivity contribution in [2.45, 2.75) is 0 Å². The van der Waals surface area contributed by atoms with Gasteiger partial charge in [0.1, 0.15) is 5.57 Å². The fourth-order valence-corrected chi connectivity index (χ4v) is 3.28. The molecule has 1 rings (SSSR count). The molecule has 27 heavy (non-hydrogen) atoms. The molecule has 0 aliphatic heterocycles. The quantitative estimate of drug-likeness (QED) is 0.0923. The molecule has 0 N–H and O–H groups in total. The van der Waals surface area contributed by atoms with Gasteiger partial charge in [-0.3, -0.25) is 19.5 Å². The number of hydrogen-bond donors (Lipinski definition) is 0. The van der Waals surface area contributed by atoms with Gasteiger partial charge in [-0.1, -0.05) is 0 Å². The Labute approximate surface area is 153 Å². The van der Waals surface area contributed by atoms with Gasteiger partial charge in [0, 0.05) is 31.9 Å². The third kappa shape index (κ3) is 4.64. The van der Waals surface area contributed by atoms with Gasteiger partial charge >= 0.3 is 19.5 Å². The molecule has 0 aliphatic rings. The second-order valence-corrected chi connectivity index (χ2v) is 6.87. The minimum absolute atomic E-state index is 0.207. The number of hydrogen-bond acceptors (Lipinski definition) is 10. The zero-order valence-corrected chi connectivity index (χ0v) is 15.7. The topological polar surface area (TPSA) is 148 Å². The van der Waals surface area contributed by atoms with Crippen molar-refractivity contribution in [1.29, 1.82) is 0 Å². The molecule has 0 radical (unpaired) electrons. The summed E-state index contributed by atoms with van der Waals surface area (Å²) in [6, 6.07) is 4.16. The Morgan fingerprint density at radius 3 is 1.78 bits per heavy atom. The van der Waals surface area contributed by atoms with Crippen LogP contribution in [0.5, 0.6) is 0 Å². The molecule has 0 saturated carbocycles. The summed E-state index contributed by atoms with van der Waals surface area (Å²) in [7, 11) is -0.656. The van der Waals surface area contributed by atoms with Crippen LogP contribution in [-0.4, -0.2) is 51.1 Å². The van der Waals surface area contributed by atoms with Gasteiger partial charge in [0.25, 0.3) is 5.69 Å². The van der Waals surface area contributed by atoms with E-state index in [0.29, 0.717) is 0 Å². The predicted molar refractivity (Wildman–Crippen MR) is 90.1 cm³/mol. The van der Waals surface area contributed by atoms with Crippen molar-refractivity contribution in [3.8, 4) is 0 Å². The Balaban J connectivity index is 3.74. The van der Waals surface area contributed by atoms with Gasteiger partial charge in [0.2, 0.25) is 5.78 Å². The van der Waals surface area contributed by atoms with Gasteiger partial charge in [0.05, 0.1) is 19.1 Å². The first kappa shape index (κ1) is 22.2. The molecule has 0 amide bonds. The van der Waals surface area contributed by atoms with Gasteiger partial charge in [-0.25, -0.2) is 9.59 Å². The molecule has 11 nitrogen and oxygen atoms in total. The van der Waals surface area contributed by atoms with Crippen LogP contribution in [-0.2, 0) is 32.7 Å². The number of nitro groups is 1. The highest BCUT2D eigenvalue weighted by atomic mass is 31.2. The van der Waals surface area contributed by atoms with Crippen LogP contribution >= 0.6 is 7.60 Å². The SMILES string of the molecule is COC(=O)/C(C(=O)c1ccc([N+](=O)[O-])cc1)=C(\C(=O)OC)P(=O)(OC)OC. The van der Waals surface area contributed by atoms with Crippen LogP contribution < -0.4 is 0 Å². The Morgan fingerprint density at radius 2 is 1.41 bits per heavy atom. The van der Waals surface area contributed by atoms with Crippen molar-refractivity contribution >= 4 is 31.0 Å². The number of ether oxygens (including phenoxy) is 2. The number of ketones is 1. The number of nitro benzene ring substituents is 1. The standard InChI is InChI=1S/C15H16NO10P/c1-23-14(18)11(13(15(19)24-2)27(22,25-3)26-4)12(17)9-5-7-10(8-6-9)16(20)21/h5-8H,1-4H3/b13-11+. The smallest absolute Gasteiger partial charge is 0.369 e. The fourth-order valence-electron chi connectivity index (χ4n) is 1.98. The van der Waals surface area contributed by atoms with E-state index in [2.05, 4.69) is 9.47 Å². The second-order valence-electron chi connectivity index (χ2n) is 4.70. The fraction of sp³-hybridized carbons (Fsp3) is 0.267. The van der Waals surface area contributed by atoms with E-state index in [0.717, 1.165) is 52.7 Å². The van der Waals surface area contributed by atoms with Crippen molar-refractivity contribution in [3.63, 3.8) is 0 Å². The molecule has 0 heterocycles. The van der Waals surface area contributed by atoms with E-state index in [-0.39, 0.29) is 11.3 Å². The highest BCUT2D eigenvalue weighted by Gasteiger charge is 2.42. The van der Waals surface area contributed by atoms with Crippen LogP contribution in [0.25, 0.3) is 0 Å². The summed E-state index contributed by atoms with van der Waals surface area (Å²) in [4.78, 5) is 47.2. The summed E-state index contributed by atoms with van der Waals surface area (Å²) in [5, 5.41) is 9.77. The lowest BCUT2D eigenvalue weighted by Crippen LogP contribution is -2.22. The van der Waals surface area contributed by atoms with Crippen LogP contribution in [0, 0.1) is 10.1 Å². The van der Waals surface area contributed by atoms with Gasteiger partial charge in [0.15, 0.2) is 5.31 Å². The average Bonchev–Trinajstić information content (AvgIpc) is 2.69. The number of benzene rings is 1. The molecule has 0 unspecified atom stereocenters. The van der Waals surface area contributed by atoms with Crippen LogP contribution in [0.15, 0.2) is 35.2 Å². The van der Waals surface area contributed by atoms with Gasteiger partial charge in [-0.15, -0.1) is 0 Å². The number of non-ortho nitro benzene ring substituents is 1. The summed E-state index contributed by atoms with van der Waals surface area (Å²) in [6.45, 7) is 0. The Morgan fingerprint density at radius 1 is 0.926 bits per heavy atom. The minimum Gasteiger partial charge on any atom is -0.465 e. The van der Waals surface area contributed by atoms with Crippen molar-refractivity contribution < 1.29 is 42.4 Å². The molecule has 0 spiro atoms. The van der Waals surface area contributed by atoms with Crippen molar-refractivity contribution in [2.24, 2.45) is 0 Å². The Bertz CT molecular complexity index is 835. The maximum absolute atomic E-state index is 12.8. The predicted octanol–water partition coefficient (Wildman–Crippen LogP) is 1.86. The van der Waals surface area contributed by atoms with E-state index in [9.17, 15) is 29.1 Å². The lowest BCUT2D eigenvalue weighted by molar-refractivity contribution is -0.384. The molecular weight excluding hydrogens is 385 g/mol. The summed E-state index contributed by atoms with van der Waals surface area (Å²) in [5.41, 5.74) is -1.45. The molecule has 0 atom stereocenters. The number of Topliss-reactive ketones (excluding diaryl/α,β-unsaturated/α-hetero) is 1. The third-order valence-electron chi connectivity index (χ3n) is 3.33. The molecule has 12 heteroatoms. The highest BCUT2D eigenvalue weighted by molar-refractivity contribution is 7.60. The van der Waals surface area contributed by atoms with Crippen LogP contribution in [0.4, 0.5) is 5.69 Å². The second kappa shape index (κ2) is 9.17.